The van der Waals surface area contributed by atoms with E-state index in [0.717, 1.165) is 17.1 Å². The predicted octanol–water partition coefficient (Wildman–Crippen LogP) is 3.97. The van der Waals surface area contributed by atoms with Crippen LogP contribution in [-0.2, 0) is 5.54 Å². The minimum absolute atomic E-state index is 0.380. The van der Waals surface area contributed by atoms with E-state index in [4.69, 9.17) is 28.9 Å². The lowest BCUT2D eigenvalue weighted by molar-refractivity contribution is 0.404. The zero-order valence-corrected chi connectivity index (χ0v) is 12.1. The molecule has 0 aliphatic heterocycles. The lowest BCUT2D eigenvalue weighted by Gasteiger charge is -2.21. The molecule has 1 saturated carbocycles. The number of nitrogens with zero attached hydrogens (tertiary/aromatic N) is 1. The molecule has 1 fully saturated rings. The minimum Gasteiger partial charge on any atom is -0.340 e. The third-order valence-electron chi connectivity index (χ3n) is 3.74. The van der Waals surface area contributed by atoms with Crippen molar-refractivity contribution in [2.45, 2.75) is 25.3 Å². The first-order chi connectivity index (χ1) is 8.98. The standard InChI is InChI=1S/C14H15Cl2N3/c1-14(17,9-3-4-9)13-18-7-12(19-13)8-2-5-10(15)11(16)6-8/h2,5-7,9H,3-4,17H2,1H3,(H,18,19). The molecule has 100 valence electrons. The van der Waals surface area contributed by atoms with Gasteiger partial charge in [0.1, 0.15) is 5.82 Å². The highest BCUT2D eigenvalue weighted by Gasteiger charge is 2.41. The van der Waals surface area contributed by atoms with E-state index in [1.165, 1.54) is 12.8 Å². The van der Waals surface area contributed by atoms with E-state index in [2.05, 4.69) is 9.97 Å². The Hall–Kier alpha value is -1.03. The molecule has 1 heterocycles. The monoisotopic (exact) mass is 295 g/mol. The van der Waals surface area contributed by atoms with Crippen molar-refractivity contribution in [3.05, 3.63) is 40.3 Å². The second-order valence-corrected chi connectivity index (χ2v) is 6.15. The van der Waals surface area contributed by atoms with E-state index in [1.54, 1.807) is 12.3 Å². The van der Waals surface area contributed by atoms with Gasteiger partial charge in [0.2, 0.25) is 0 Å². The Morgan fingerprint density at radius 3 is 2.68 bits per heavy atom. The van der Waals surface area contributed by atoms with Gasteiger partial charge in [0.25, 0.3) is 0 Å². The van der Waals surface area contributed by atoms with Gasteiger partial charge in [-0.15, -0.1) is 0 Å². The fourth-order valence-corrected chi connectivity index (χ4v) is 2.58. The second-order valence-electron chi connectivity index (χ2n) is 5.33. The zero-order valence-electron chi connectivity index (χ0n) is 10.6. The zero-order chi connectivity index (χ0) is 13.6. The van der Waals surface area contributed by atoms with Gasteiger partial charge in [-0.1, -0.05) is 29.3 Å². The lowest BCUT2D eigenvalue weighted by atomic mass is 9.97. The quantitative estimate of drug-likeness (QED) is 0.900. The maximum Gasteiger partial charge on any atom is 0.126 e. The van der Waals surface area contributed by atoms with Crippen LogP contribution in [0.25, 0.3) is 11.3 Å². The van der Waals surface area contributed by atoms with Crippen molar-refractivity contribution >= 4 is 23.2 Å². The molecule has 3 rings (SSSR count). The number of halogens is 2. The maximum absolute atomic E-state index is 6.35. The van der Waals surface area contributed by atoms with Crippen molar-refractivity contribution in [2.24, 2.45) is 11.7 Å². The van der Waals surface area contributed by atoms with E-state index in [9.17, 15) is 0 Å². The van der Waals surface area contributed by atoms with Crippen molar-refractivity contribution in [1.82, 2.24) is 9.97 Å². The highest BCUT2D eigenvalue weighted by atomic mass is 35.5. The summed E-state index contributed by atoms with van der Waals surface area (Å²) in [4.78, 5) is 7.72. The molecule has 1 aliphatic carbocycles. The number of aromatic nitrogens is 2. The molecule has 3 nitrogen and oxygen atoms in total. The van der Waals surface area contributed by atoms with E-state index in [-0.39, 0.29) is 5.54 Å². The van der Waals surface area contributed by atoms with Crippen LogP contribution in [0.2, 0.25) is 10.0 Å². The lowest BCUT2D eigenvalue weighted by Crippen LogP contribution is -2.36. The molecule has 1 aromatic heterocycles. The molecule has 1 aromatic carbocycles. The van der Waals surface area contributed by atoms with Crippen molar-refractivity contribution in [3.63, 3.8) is 0 Å². The van der Waals surface area contributed by atoms with Crippen molar-refractivity contribution in [3.8, 4) is 11.3 Å². The minimum atomic E-state index is -0.380. The van der Waals surface area contributed by atoms with Crippen LogP contribution in [0.3, 0.4) is 0 Å². The van der Waals surface area contributed by atoms with Crippen LogP contribution < -0.4 is 5.73 Å². The summed E-state index contributed by atoms with van der Waals surface area (Å²) in [5.74, 6) is 1.36. The van der Waals surface area contributed by atoms with Crippen LogP contribution in [0.4, 0.5) is 0 Å². The largest absolute Gasteiger partial charge is 0.340 e. The molecule has 19 heavy (non-hydrogen) atoms. The number of hydrogen-bond acceptors (Lipinski definition) is 2. The van der Waals surface area contributed by atoms with E-state index < -0.39 is 0 Å². The van der Waals surface area contributed by atoms with E-state index in [1.807, 2.05) is 19.1 Å². The summed E-state index contributed by atoms with van der Waals surface area (Å²) in [5.41, 5.74) is 7.83. The highest BCUT2D eigenvalue weighted by molar-refractivity contribution is 6.42. The molecule has 0 saturated heterocycles. The Balaban J connectivity index is 1.94. The van der Waals surface area contributed by atoms with E-state index >= 15 is 0 Å². The molecule has 1 unspecified atom stereocenters. The Morgan fingerprint density at radius 1 is 1.32 bits per heavy atom. The average Bonchev–Trinajstić information content (AvgIpc) is 3.11. The van der Waals surface area contributed by atoms with Crippen molar-refractivity contribution < 1.29 is 0 Å². The summed E-state index contributed by atoms with van der Waals surface area (Å²) < 4.78 is 0. The predicted molar refractivity (Wildman–Crippen MR) is 78.3 cm³/mol. The molecular weight excluding hydrogens is 281 g/mol. The van der Waals surface area contributed by atoms with Crippen molar-refractivity contribution in [1.29, 1.82) is 0 Å². The molecule has 0 radical (unpaired) electrons. The number of H-pyrrole nitrogens is 1. The van der Waals surface area contributed by atoms with Gasteiger partial charge in [-0.3, -0.25) is 0 Å². The first-order valence-electron chi connectivity index (χ1n) is 6.28. The Kier molecular flexibility index (Phi) is 3.08. The molecule has 1 atom stereocenters. The maximum atomic E-state index is 6.35. The SMILES string of the molecule is CC(N)(c1ncc(-c2ccc(Cl)c(Cl)c2)[nH]1)C1CC1. The smallest absolute Gasteiger partial charge is 0.126 e. The summed E-state index contributed by atoms with van der Waals surface area (Å²) in [7, 11) is 0. The average molecular weight is 296 g/mol. The molecule has 5 heteroatoms. The van der Waals surface area contributed by atoms with E-state index in [0.29, 0.717) is 16.0 Å². The summed E-state index contributed by atoms with van der Waals surface area (Å²) >= 11 is 11.9. The molecule has 0 spiro atoms. The number of rotatable bonds is 3. The number of nitrogens with two attached hydrogens (primary N) is 1. The Bertz CT molecular complexity index is 615. The number of aromatic amines is 1. The summed E-state index contributed by atoms with van der Waals surface area (Å²) in [6.07, 6.45) is 4.15. The molecule has 1 aliphatic rings. The van der Waals surface area contributed by atoms with Gasteiger partial charge in [0.15, 0.2) is 0 Å². The molecule has 0 bridgehead atoms. The Morgan fingerprint density at radius 2 is 2.05 bits per heavy atom. The molecular formula is C14H15Cl2N3. The van der Waals surface area contributed by atoms with Gasteiger partial charge < -0.3 is 10.7 Å². The fraction of sp³-hybridized carbons (Fsp3) is 0.357. The van der Waals surface area contributed by atoms with Crippen LogP contribution in [0.15, 0.2) is 24.4 Å². The van der Waals surface area contributed by atoms with Crippen LogP contribution in [-0.4, -0.2) is 9.97 Å². The summed E-state index contributed by atoms with van der Waals surface area (Å²) in [5, 5.41) is 1.08. The highest BCUT2D eigenvalue weighted by Crippen LogP contribution is 2.43. The number of imidazole rings is 1. The number of nitrogens with one attached hydrogen (secondary N) is 1. The molecule has 3 N–H and O–H groups in total. The molecule has 0 amide bonds. The second kappa shape index (κ2) is 4.51. The summed E-state index contributed by atoms with van der Waals surface area (Å²) in [6, 6.07) is 5.52. The Labute approximate surface area is 122 Å². The normalized spacial score (nSPS) is 18.3. The number of hydrogen-bond donors (Lipinski definition) is 2. The van der Waals surface area contributed by atoms with Gasteiger partial charge in [-0.05, 0) is 37.8 Å². The van der Waals surface area contributed by atoms with Crippen molar-refractivity contribution in [2.75, 3.05) is 0 Å². The summed E-state index contributed by atoms with van der Waals surface area (Å²) in [6.45, 7) is 2.03. The van der Waals surface area contributed by atoms with Gasteiger partial charge in [-0.2, -0.15) is 0 Å². The fourth-order valence-electron chi connectivity index (χ4n) is 2.28. The third-order valence-corrected chi connectivity index (χ3v) is 4.48. The first kappa shape index (κ1) is 13.0. The van der Waals surface area contributed by atoms with Crippen LogP contribution in [0, 0.1) is 5.92 Å². The first-order valence-corrected chi connectivity index (χ1v) is 7.04. The van der Waals surface area contributed by atoms with Crippen LogP contribution in [0.5, 0.6) is 0 Å². The topological polar surface area (TPSA) is 54.7 Å². The van der Waals surface area contributed by atoms with Gasteiger partial charge in [-0.25, -0.2) is 4.98 Å². The van der Waals surface area contributed by atoms with Crippen LogP contribution >= 0.6 is 23.2 Å². The number of benzene rings is 1. The van der Waals surface area contributed by atoms with Gasteiger partial charge in [0, 0.05) is 5.56 Å². The van der Waals surface area contributed by atoms with Gasteiger partial charge in [0.05, 0.1) is 27.5 Å². The van der Waals surface area contributed by atoms with Crippen LogP contribution in [0.1, 0.15) is 25.6 Å². The molecule has 2 aromatic rings. The third kappa shape index (κ3) is 2.38. The van der Waals surface area contributed by atoms with Gasteiger partial charge >= 0.3 is 0 Å².